The number of carbonyl (C=O) groups is 1. The molecule has 1 amide bonds. The first-order valence-electron chi connectivity index (χ1n) is 6.89. The van der Waals surface area contributed by atoms with Gasteiger partial charge >= 0.3 is 6.18 Å². The number of amides is 1. The summed E-state index contributed by atoms with van der Waals surface area (Å²) in [5, 5.41) is 1.84. The highest BCUT2D eigenvalue weighted by atomic mass is 19.4. The van der Waals surface area contributed by atoms with Crippen LogP contribution < -0.4 is 14.8 Å². The Kier molecular flexibility index (Phi) is 6.68. The molecule has 0 saturated heterocycles. The molecule has 130 valence electrons. The summed E-state index contributed by atoms with van der Waals surface area (Å²) < 4.78 is 46.6. The summed E-state index contributed by atoms with van der Waals surface area (Å²) >= 11 is 0. The molecule has 23 heavy (non-hydrogen) atoms. The molecule has 0 bridgehead atoms. The molecule has 0 spiro atoms. The zero-order valence-electron chi connectivity index (χ0n) is 13.6. The number of aryl methyl sites for hydroxylation is 1. The quantitative estimate of drug-likeness (QED) is 0.830. The molecule has 0 unspecified atom stereocenters. The van der Waals surface area contributed by atoms with Crippen LogP contribution in [0.4, 0.5) is 13.2 Å². The highest BCUT2D eigenvalue weighted by molar-refractivity contribution is 5.78. The molecule has 1 N–H and O–H groups in total. The molecule has 0 aliphatic rings. The summed E-state index contributed by atoms with van der Waals surface area (Å²) in [6, 6.07) is 3.60. The van der Waals surface area contributed by atoms with Crippen LogP contribution in [0.3, 0.4) is 0 Å². The van der Waals surface area contributed by atoms with Crippen molar-refractivity contribution in [2.24, 2.45) is 0 Å². The fourth-order valence-electron chi connectivity index (χ4n) is 2.04. The Morgan fingerprint density at radius 1 is 1.22 bits per heavy atom. The van der Waals surface area contributed by atoms with Crippen LogP contribution >= 0.6 is 0 Å². The van der Waals surface area contributed by atoms with E-state index in [-0.39, 0.29) is 6.54 Å². The lowest BCUT2D eigenvalue weighted by Crippen LogP contribution is -2.39. The van der Waals surface area contributed by atoms with E-state index in [1.165, 1.54) is 14.2 Å². The minimum absolute atomic E-state index is 0.135. The normalized spacial score (nSPS) is 11.5. The van der Waals surface area contributed by atoms with Gasteiger partial charge in [0.05, 0.1) is 20.8 Å². The molecule has 0 aliphatic carbocycles. The van der Waals surface area contributed by atoms with Crippen LogP contribution in [0.25, 0.3) is 0 Å². The average Bonchev–Trinajstić information content (AvgIpc) is 2.46. The van der Waals surface area contributed by atoms with Crippen molar-refractivity contribution in [2.45, 2.75) is 19.6 Å². The number of benzene rings is 1. The Bertz CT molecular complexity index is 548. The lowest BCUT2D eigenvalue weighted by atomic mass is 10.1. The molecule has 8 heteroatoms. The third kappa shape index (κ3) is 6.35. The fourth-order valence-corrected chi connectivity index (χ4v) is 2.04. The van der Waals surface area contributed by atoms with Gasteiger partial charge in [-0.1, -0.05) is 0 Å². The highest BCUT2D eigenvalue weighted by Crippen LogP contribution is 2.30. The smallest absolute Gasteiger partial charge is 0.405 e. The molecule has 1 aromatic rings. The monoisotopic (exact) mass is 334 g/mol. The van der Waals surface area contributed by atoms with Gasteiger partial charge in [-0.25, -0.2) is 0 Å². The number of halogens is 3. The van der Waals surface area contributed by atoms with Crippen molar-refractivity contribution in [1.29, 1.82) is 0 Å². The van der Waals surface area contributed by atoms with Crippen LogP contribution in [0.2, 0.25) is 0 Å². The van der Waals surface area contributed by atoms with Gasteiger partial charge in [0.2, 0.25) is 5.91 Å². The minimum atomic E-state index is -4.41. The Labute approximate surface area is 133 Å². The predicted molar refractivity (Wildman–Crippen MR) is 79.7 cm³/mol. The van der Waals surface area contributed by atoms with E-state index < -0.39 is 18.6 Å². The predicted octanol–water partition coefficient (Wildman–Crippen LogP) is 2.12. The molecule has 1 aromatic carbocycles. The standard InChI is InChI=1S/C15H21F3N2O3/c1-10-5-12(22-3)13(23-4)6-11(10)7-20(2)8-14(21)19-9-15(16,17)18/h5-6H,7-9H2,1-4H3,(H,19,21). The number of nitrogens with zero attached hydrogens (tertiary/aromatic N) is 1. The number of methoxy groups -OCH3 is 2. The molecule has 0 aromatic heterocycles. The third-order valence-electron chi connectivity index (χ3n) is 3.18. The van der Waals surface area contributed by atoms with Gasteiger partial charge in [0.25, 0.3) is 0 Å². The molecule has 0 radical (unpaired) electrons. The first kappa shape index (κ1) is 19.1. The van der Waals surface area contributed by atoms with E-state index in [0.717, 1.165) is 11.1 Å². The molecule has 5 nitrogen and oxygen atoms in total. The van der Waals surface area contributed by atoms with Crippen molar-refractivity contribution in [3.63, 3.8) is 0 Å². The maximum Gasteiger partial charge on any atom is 0.405 e. The molecule has 0 aliphatic heterocycles. The largest absolute Gasteiger partial charge is 0.493 e. The Morgan fingerprint density at radius 2 is 1.78 bits per heavy atom. The van der Waals surface area contributed by atoms with Crippen molar-refractivity contribution < 1.29 is 27.4 Å². The molecular formula is C15H21F3N2O3. The van der Waals surface area contributed by atoms with E-state index in [1.807, 2.05) is 18.3 Å². The fraction of sp³-hybridized carbons (Fsp3) is 0.533. The van der Waals surface area contributed by atoms with Crippen LogP contribution in [0.5, 0.6) is 11.5 Å². The molecule has 0 atom stereocenters. The van der Waals surface area contributed by atoms with Crippen LogP contribution in [0, 0.1) is 6.92 Å². The van der Waals surface area contributed by atoms with Crippen molar-refractivity contribution in [3.8, 4) is 11.5 Å². The third-order valence-corrected chi connectivity index (χ3v) is 3.18. The van der Waals surface area contributed by atoms with Gasteiger partial charge < -0.3 is 14.8 Å². The summed E-state index contributed by atoms with van der Waals surface area (Å²) in [5.41, 5.74) is 1.83. The van der Waals surface area contributed by atoms with Gasteiger partial charge in [0.15, 0.2) is 11.5 Å². The second kappa shape index (κ2) is 8.05. The maximum atomic E-state index is 12.1. The number of rotatable bonds is 7. The lowest BCUT2D eigenvalue weighted by Gasteiger charge is -2.19. The van der Waals surface area contributed by atoms with Crippen molar-refractivity contribution in [2.75, 3.05) is 34.4 Å². The van der Waals surface area contributed by atoms with Crippen molar-refractivity contribution >= 4 is 5.91 Å². The Morgan fingerprint density at radius 3 is 2.30 bits per heavy atom. The van der Waals surface area contributed by atoms with Gasteiger partial charge in [-0.2, -0.15) is 13.2 Å². The van der Waals surface area contributed by atoms with Crippen LogP contribution in [-0.2, 0) is 11.3 Å². The van der Waals surface area contributed by atoms with Crippen molar-refractivity contribution in [1.82, 2.24) is 10.2 Å². The van der Waals surface area contributed by atoms with E-state index in [2.05, 4.69) is 0 Å². The summed E-state index contributed by atoms with van der Waals surface area (Å²) in [5.74, 6) is 0.477. The molecule has 0 heterocycles. The van der Waals surface area contributed by atoms with Gasteiger partial charge in [0.1, 0.15) is 6.54 Å². The van der Waals surface area contributed by atoms with E-state index >= 15 is 0 Å². The highest BCUT2D eigenvalue weighted by Gasteiger charge is 2.27. The first-order chi connectivity index (χ1) is 10.7. The van der Waals surface area contributed by atoms with Gasteiger partial charge in [-0.05, 0) is 37.2 Å². The minimum Gasteiger partial charge on any atom is -0.493 e. The van der Waals surface area contributed by atoms with Crippen LogP contribution in [-0.4, -0.2) is 51.3 Å². The number of hydrogen-bond acceptors (Lipinski definition) is 4. The Hall–Kier alpha value is -1.96. The van der Waals surface area contributed by atoms with E-state index in [9.17, 15) is 18.0 Å². The summed E-state index contributed by atoms with van der Waals surface area (Å²) in [7, 11) is 4.71. The number of alkyl halides is 3. The van der Waals surface area contributed by atoms with E-state index in [0.29, 0.717) is 18.0 Å². The first-order valence-corrected chi connectivity index (χ1v) is 6.89. The van der Waals surface area contributed by atoms with E-state index in [1.54, 1.807) is 18.0 Å². The topological polar surface area (TPSA) is 50.8 Å². The van der Waals surface area contributed by atoms with Gasteiger partial charge in [-0.15, -0.1) is 0 Å². The summed E-state index contributed by atoms with van der Waals surface area (Å²) in [4.78, 5) is 13.1. The zero-order chi connectivity index (χ0) is 17.6. The number of likely N-dealkylation sites (N-methyl/N-ethyl adjacent to an activating group) is 1. The van der Waals surface area contributed by atoms with Gasteiger partial charge in [-0.3, -0.25) is 9.69 Å². The zero-order valence-corrected chi connectivity index (χ0v) is 13.6. The average molecular weight is 334 g/mol. The second-order valence-electron chi connectivity index (χ2n) is 5.20. The van der Waals surface area contributed by atoms with Crippen molar-refractivity contribution in [3.05, 3.63) is 23.3 Å². The summed E-state index contributed by atoms with van der Waals surface area (Å²) in [6.07, 6.45) is -4.41. The number of nitrogens with one attached hydrogen (secondary N) is 1. The molecule has 0 fully saturated rings. The lowest BCUT2D eigenvalue weighted by molar-refractivity contribution is -0.138. The number of hydrogen-bond donors (Lipinski definition) is 1. The van der Waals surface area contributed by atoms with Crippen LogP contribution in [0.1, 0.15) is 11.1 Å². The van der Waals surface area contributed by atoms with Crippen LogP contribution in [0.15, 0.2) is 12.1 Å². The maximum absolute atomic E-state index is 12.1. The SMILES string of the molecule is COc1cc(C)c(CN(C)CC(=O)NCC(F)(F)F)cc1OC. The molecule has 1 rings (SSSR count). The molecule has 0 saturated carbocycles. The number of ether oxygens (including phenoxy) is 2. The summed E-state index contributed by atoms with van der Waals surface area (Å²) in [6.45, 7) is 0.819. The molecular weight excluding hydrogens is 313 g/mol. The van der Waals surface area contributed by atoms with E-state index in [4.69, 9.17) is 9.47 Å². The number of carbonyl (C=O) groups excluding carboxylic acids is 1. The second-order valence-corrected chi connectivity index (χ2v) is 5.20. The Balaban J connectivity index is 2.67. The van der Waals surface area contributed by atoms with Gasteiger partial charge in [0, 0.05) is 6.54 Å².